The zero-order chi connectivity index (χ0) is 19.9. The summed E-state index contributed by atoms with van der Waals surface area (Å²) in [5.74, 6) is -0.512. The van der Waals surface area contributed by atoms with Crippen LogP contribution in [0.4, 0.5) is 4.79 Å². The van der Waals surface area contributed by atoms with Crippen LogP contribution in [0.2, 0.25) is 0 Å². The number of hydrogen-bond acceptors (Lipinski definition) is 7. The van der Waals surface area contributed by atoms with Crippen molar-refractivity contribution in [2.75, 3.05) is 39.4 Å². The van der Waals surface area contributed by atoms with Crippen LogP contribution in [-0.4, -0.2) is 78.8 Å². The molecule has 0 bridgehead atoms. The predicted octanol–water partition coefficient (Wildman–Crippen LogP) is 1.43. The lowest BCUT2D eigenvalue weighted by atomic mass is 10.1. The number of rotatable bonds is 14. The number of ether oxygens (including phenoxy) is 2. The van der Waals surface area contributed by atoms with Crippen molar-refractivity contribution < 1.29 is 29.3 Å². The average Bonchev–Trinajstić information content (AvgIpc) is 3.17. The quantitative estimate of drug-likeness (QED) is 0.305. The third-order valence-electron chi connectivity index (χ3n) is 4.68. The summed E-state index contributed by atoms with van der Waals surface area (Å²) in [5, 5.41) is 20.7. The highest BCUT2D eigenvalue weighted by Gasteiger charge is 2.19. The Morgan fingerprint density at radius 1 is 1.04 bits per heavy atom. The van der Waals surface area contributed by atoms with Crippen LogP contribution < -0.4 is 5.32 Å². The highest BCUT2D eigenvalue weighted by molar-refractivity contribution is 5.70. The van der Waals surface area contributed by atoms with Crippen LogP contribution in [0, 0.1) is 0 Å². The minimum absolute atomic E-state index is 0.0777. The molecular weight excluding hydrogens is 352 g/mol. The van der Waals surface area contributed by atoms with Crippen LogP contribution in [0.3, 0.4) is 0 Å². The van der Waals surface area contributed by atoms with Crippen molar-refractivity contribution in [1.29, 1.82) is 0 Å². The summed E-state index contributed by atoms with van der Waals surface area (Å²) in [6.45, 7) is 4.81. The van der Waals surface area contributed by atoms with Crippen LogP contribution in [0.15, 0.2) is 0 Å². The molecule has 8 heteroatoms. The lowest BCUT2D eigenvalue weighted by molar-refractivity contribution is -0.154. The number of aliphatic hydroxyl groups excluding tert-OH is 2. The van der Waals surface area contributed by atoms with E-state index in [1.807, 2.05) is 0 Å². The van der Waals surface area contributed by atoms with Gasteiger partial charge in [0.25, 0.3) is 0 Å². The van der Waals surface area contributed by atoms with Crippen LogP contribution in [0.5, 0.6) is 0 Å². The van der Waals surface area contributed by atoms with Gasteiger partial charge in [0.2, 0.25) is 0 Å². The van der Waals surface area contributed by atoms with Crippen LogP contribution in [0.1, 0.15) is 58.3 Å². The molecule has 158 valence electrons. The molecule has 1 rings (SSSR count). The Labute approximate surface area is 162 Å². The van der Waals surface area contributed by atoms with E-state index in [-0.39, 0.29) is 12.5 Å². The molecule has 0 aromatic carbocycles. The highest BCUT2D eigenvalue weighted by Crippen LogP contribution is 2.14. The number of esters is 1. The molecule has 0 aliphatic carbocycles. The van der Waals surface area contributed by atoms with Crippen LogP contribution in [0.25, 0.3) is 0 Å². The van der Waals surface area contributed by atoms with E-state index in [0.717, 1.165) is 38.9 Å². The zero-order valence-corrected chi connectivity index (χ0v) is 16.5. The number of alkyl carbamates (subject to hydrolysis) is 1. The topological polar surface area (TPSA) is 108 Å². The maximum atomic E-state index is 12.0. The van der Waals surface area contributed by atoms with E-state index in [9.17, 15) is 9.59 Å². The first kappa shape index (κ1) is 23.7. The maximum absolute atomic E-state index is 12.0. The third-order valence-corrected chi connectivity index (χ3v) is 4.68. The number of amides is 1. The fourth-order valence-electron chi connectivity index (χ4n) is 3.06. The number of nitrogens with one attached hydrogen (secondary N) is 1. The first-order valence-electron chi connectivity index (χ1n) is 10.2. The van der Waals surface area contributed by atoms with E-state index in [4.69, 9.17) is 19.7 Å². The van der Waals surface area contributed by atoms with Gasteiger partial charge in [0.1, 0.15) is 12.2 Å². The predicted molar refractivity (Wildman–Crippen MR) is 101 cm³/mol. The van der Waals surface area contributed by atoms with Gasteiger partial charge in [-0.05, 0) is 45.2 Å². The Balaban J connectivity index is 2.32. The van der Waals surface area contributed by atoms with Crippen molar-refractivity contribution in [3.05, 3.63) is 0 Å². The second-order valence-electron chi connectivity index (χ2n) is 7.01. The van der Waals surface area contributed by atoms with Crippen molar-refractivity contribution in [1.82, 2.24) is 10.2 Å². The minimum Gasteiger partial charge on any atom is -0.457 e. The fourth-order valence-corrected chi connectivity index (χ4v) is 3.06. The SMILES string of the molecule is CCCCCC(CCC(=O)OC(CO)CO)OC(=O)NCCN1CCCC1. The largest absolute Gasteiger partial charge is 0.457 e. The van der Waals surface area contributed by atoms with E-state index in [2.05, 4.69) is 17.1 Å². The first-order chi connectivity index (χ1) is 13.1. The monoisotopic (exact) mass is 388 g/mol. The fraction of sp³-hybridized carbons (Fsp3) is 0.895. The first-order valence-corrected chi connectivity index (χ1v) is 10.2. The molecule has 1 aliphatic rings. The van der Waals surface area contributed by atoms with Gasteiger partial charge in [0.15, 0.2) is 0 Å². The molecule has 1 aliphatic heterocycles. The van der Waals surface area contributed by atoms with Gasteiger partial charge >= 0.3 is 12.1 Å². The van der Waals surface area contributed by atoms with Crippen molar-refractivity contribution >= 4 is 12.1 Å². The summed E-state index contributed by atoms with van der Waals surface area (Å²) in [5.41, 5.74) is 0. The summed E-state index contributed by atoms with van der Waals surface area (Å²) in [6, 6.07) is 0. The van der Waals surface area contributed by atoms with Crippen molar-refractivity contribution in [2.24, 2.45) is 0 Å². The Hall–Kier alpha value is -1.38. The van der Waals surface area contributed by atoms with E-state index in [1.54, 1.807) is 0 Å². The van der Waals surface area contributed by atoms with E-state index < -0.39 is 31.4 Å². The van der Waals surface area contributed by atoms with Gasteiger partial charge in [0, 0.05) is 19.5 Å². The molecule has 1 atom stereocenters. The van der Waals surface area contributed by atoms with Gasteiger partial charge in [-0.1, -0.05) is 19.8 Å². The summed E-state index contributed by atoms with van der Waals surface area (Å²) in [6.07, 6.45) is 4.90. The van der Waals surface area contributed by atoms with E-state index >= 15 is 0 Å². The molecule has 1 unspecified atom stereocenters. The molecule has 1 saturated heterocycles. The van der Waals surface area contributed by atoms with Crippen molar-refractivity contribution in [3.8, 4) is 0 Å². The van der Waals surface area contributed by atoms with Gasteiger partial charge in [-0.3, -0.25) is 4.79 Å². The molecule has 27 heavy (non-hydrogen) atoms. The Bertz CT molecular complexity index is 411. The van der Waals surface area contributed by atoms with E-state index in [0.29, 0.717) is 19.4 Å². The lowest BCUT2D eigenvalue weighted by Gasteiger charge is -2.20. The van der Waals surface area contributed by atoms with Gasteiger partial charge < -0.3 is 29.9 Å². The molecule has 0 radical (unpaired) electrons. The molecule has 1 heterocycles. The number of aliphatic hydroxyl groups is 2. The molecule has 1 amide bonds. The summed E-state index contributed by atoms with van der Waals surface area (Å²) < 4.78 is 10.4. The Kier molecular flexibility index (Phi) is 12.8. The standard InChI is InChI=1S/C19H36N2O6/c1-2-3-4-7-16(8-9-18(24)26-17(14-22)15-23)27-19(25)20-10-13-21-11-5-6-12-21/h16-17,22-23H,2-15H2,1H3,(H,20,25). The molecular formula is C19H36N2O6. The third kappa shape index (κ3) is 11.1. The highest BCUT2D eigenvalue weighted by atomic mass is 16.6. The maximum Gasteiger partial charge on any atom is 0.407 e. The van der Waals surface area contributed by atoms with Gasteiger partial charge in [-0.15, -0.1) is 0 Å². The smallest absolute Gasteiger partial charge is 0.407 e. The molecule has 0 aromatic heterocycles. The number of carbonyl (C=O) groups excluding carboxylic acids is 2. The molecule has 0 saturated carbocycles. The number of unbranched alkanes of at least 4 members (excludes halogenated alkanes) is 2. The average molecular weight is 389 g/mol. The van der Waals surface area contributed by atoms with E-state index in [1.165, 1.54) is 12.8 Å². The second kappa shape index (κ2) is 14.6. The molecule has 0 aromatic rings. The second-order valence-corrected chi connectivity index (χ2v) is 7.01. The summed E-state index contributed by atoms with van der Waals surface area (Å²) in [7, 11) is 0. The summed E-state index contributed by atoms with van der Waals surface area (Å²) >= 11 is 0. The van der Waals surface area contributed by atoms with Gasteiger partial charge in [0.05, 0.1) is 13.2 Å². The zero-order valence-electron chi connectivity index (χ0n) is 16.5. The van der Waals surface area contributed by atoms with Gasteiger partial charge in [-0.2, -0.15) is 0 Å². The Morgan fingerprint density at radius 3 is 2.37 bits per heavy atom. The molecule has 0 spiro atoms. The molecule has 1 fully saturated rings. The lowest BCUT2D eigenvalue weighted by Crippen LogP contribution is -2.35. The van der Waals surface area contributed by atoms with Crippen molar-refractivity contribution in [2.45, 2.75) is 70.5 Å². The van der Waals surface area contributed by atoms with Crippen LogP contribution in [-0.2, 0) is 14.3 Å². The Morgan fingerprint density at radius 2 is 1.74 bits per heavy atom. The number of hydrogen-bond donors (Lipinski definition) is 3. The van der Waals surface area contributed by atoms with Crippen LogP contribution >= 0.6 is 0 Å². The normalized spacial score (nSPS) is 15.7. The number of carbonyl (C=O) groups is 2. The number of nitrogens with zero attached hydrogens (tertiary/aromatic N) is 1. The molecule has 3 N–H and O–H groups in total. The number of likely N-dealkylation sites (tertiary alicyclic amines) is 1. The van der Waals surface area contributed by atoms with Gasteiger partial charge in [-0.25, -0.2) is 4.79 Å². The molecule has 8 nitrogen and oxygen atoms in total. The van der Waals surface area contributed by atoms with Crippen molar-refractivity contribution in [3.63, 3.8) is 0 Å². The minimum atomic E-state index is -0.897. The summed E-state index contributed by atoms with van der Waals surface area (Å²) in [4.78, 5) is 26.2.